The highest BCUT2D eigenvalue weighted by atomic mass is 79.9. The van der Waals surface area contributed by atoms with Crippen LogP contribution in [-0.4, -0.2) is 11.9 Å². The molecule has 5 nitrogen and oxygen atoms in total. The molecule has 3 rings (SSSR count). The van der Waals surface area contributed by atoms with Crippen LogP contribution in [0.25, 0.3) is 0 Å². The number of alkyl halides is 3. The number of rotatable bonds is 4. The lowest BCUT2D eigenvalue weighted by Crippen LogP contribution is -2.27. The molecule has 0 aromatic heterocycles. The molecule has 0 atom stereocenters. The van der Waals surface area contributed by atoms with Gasteiger partial charge >= 0.3 is 12.2 Å². The molecule has 0 spiro atoms. The van der Waals surface area contributed by atoms with Gasteiger partial charge in [0.1, 0.15) is 5.82 Å². The van der Waals surface area contributed by atoms with E-state index in [4.69, 9.17) is 0 Å². The van der Waals surface area contributed by atoms with E-state index in [9.17, 15) is 27.2 Å². The Bertz CT molecular complexity index is 1160. The van der Waals surface area contributed by atoms with Crippen molar-refractivity contribution in [3.8, 4) is 0 Å². The molecule has 0 aliphatic rings. The van der Waals surface area contributed by atoms with Crippen LogP contribution in [0.1, 0.15) is 15.9 Å². The Labute approximate surface area is 194 Å². The van der Waals surface area contributed by atoms with Crippen LogP contribution in [0.4, 0.5) is 39.4 Å². The van der Waals surface area contributed by atoms with Crippen LogP contribution >= 0.6 is 28.7 Å². The van der Waals surface area contributed by atoms with Crippen LogP contribution in [0.2, 0.25) is 0 Å². The summed E-state index contributed by atoms with van der Waals surface area (Å²) in [5.41, 5.74) is -0.516. The van der Waals surface area contributed by atoms with E-state index in [1.165, 1.54) is 54.6 Å². The summed E-state index contributed by atoms with van der Waals surface area (Å²) in [6, 6.07) is 13.5. The van der Waals surface area contributed by atoms with Gasteiger partial charge in [-0.3, -0.25) is 4.79 Å². The molecule has 32 heavy (non-hydrogen) atoms. The Morgan fingerprint density at radius 2 is 1.56 bits per heavy atom. The number of hydrogen-bond acceptors (Lipinski definition) is 3. The molecule has 0 heterocycles. The van der Waals surface area contributed by atoms with Crippen molar-refractivity contribution in [3.63, 3.8) is 0 Å². The molecule has 0 aliphatic carbocycles. The van der Waals surface area contributed by atoms with E-state index in [-0.39, 0.29) is 21.4 Å². The molecule has 0 fully saturated rings. The molecule has 0 saturated carbocycles. The summed E-state index contributed by atoms with van der Waals surface area (Å²) >= 11 is 7.06. The molecule has 2 N–H and O–H groups in total. The number of carbonyl (C=O) groups is 2. The van der Waals surface area contributed by atoms with E-state index in [0.29, 0.717) is 5.69 Å². The molecule has 3 aromatic carbocycles. The third-order valence-electron chi connectivity index (χ3n) is 4.16. The highest BCUT2D eigenvalue weighted by molar-refractivity contribution is 9.10. The summed E-state index contributed by atoms with van der Waals surface area (Å²) in [5, 5.41) is 4.86. The second-order valence-electron chi connectivity index (χ2n) is 6.45. The van der Waals surface area contributed by atoms with Crippen molar-refractivity contribution in [1.82, 2.24) is 0 Å². The summed E-state index contributed by atoms with van der Waals surface area (Å²) in [6.45, 7) is 0. The number of amides is 3. The van der Waals surface area contributed by atoms with Crippen molar-refractivity contribution in [1.29, 1.82) is 0 Å². The number of urea groups is 1. The summed E-state index contributed by atoms with van der Waals surface area (Å²) in [4.78, 5) is 24.6. The van der Waals surface area contributed by atoms with Crippen molar-refractivity contribution in [2.45, 2.75) is 6.18 Å². The molecule has 166 valence electrons. The van der Waals surface area contributed by atoms with Gasteiger partial charge in [-0.15, -0.1) is 0 Å². The van der Waals surface area contributed by atoms with Gasteiger partial charge in [-0.05, 0) is 54.6 Å². The van der Waals surface area contributed by atoms with Crippen LogP contribution in [0.5, 0.6) is 0 Å². The molecule has 0 saturated heterocycles. The van der Waals surface area contributed by atoms with Crippen molar-refractivity contribution >= 4 is 57.7 Å². The SMILES string of the molecule is O=C(Nc1ccc(N(S)C(=O)Nc2cc(Br)cc(C(F)(F)F)c2)cc1)c1ccccc1F. The molecular weight excluding hydrogens is 514 g/mol. The summed E-state index contributed by atoms with van der Waals surface area (Å²) < 4.78 is 53.6. The van der Waals surface area contributed by atoms with Crippen LogP contribution in [0.3, 0.4) is 0 Å². The van der Waals surface area contributed by atoms with Crippen LogP contribution < -0.4 is 14.9 Å². The van der Waals surface area contributed by atoms with Gasteiger partial charge in [0, 0.05) is 15.8 Å². The average Bonchev–Trinajstić information content (AvgIpc) is 2.73. The summed E-state index contributed by atoms with van der Waals surface area (Å²) in [7, 11) is 0. The molecule has 0 unspecified atom stereocenters. The molecule has 3 amide bonds. The minimum Gasteiger partial charge on any atom is -0.322 e. The van der Waals surface area contributed by atoms with Gasteiger partial charge in [-0.25, -0.2) is 13.5 Å². The average molecular weight is 528 g/mol. The van der Waals surface area contributed by atoms with Gasteiger partial charge in [-0.1, -0.05) is 40.9 Å². The second-order valence-corrected chi connectivity index (χ2v) is 7.76. The first kappa shape index (κ1) is 23.6. The third kappa shape index (κ3) is 5.80. The number of thiol groups is 1. The Balaban J connectivity index is 1.68. The smallest absolute Gasteiger partial charge is 0.322 e. The van der Waals surface area contributed by atoms with Gasteiger partial charge < -0.3 is 10.6 Å². The van der Waals surface area contributed by atoms with Crippen molar-refractivity contribution in [2.24, 2.45) is 0 Å². The number of anilines is 3. The number of benzene rings is 3. The lowest BCUT2D eigenvalue weighted by molar-refractivity contribution is -0.137. The van der Waals surface area contributed by atoms with Crippen LogP contribution in [-0.2, 0) is 6.18 Å². The fourth-order valence-electron chi connectivity index (χ4n) is 2.65. The van der Waals surface area contributed by atoms with Crippen LogP contribution in [0, 0.1) is 5.82 Å². The molecule has 11 heteroatoms. The van der Waals surface area contributed by atoms with E-state index in [1.807, 2.05) is 0 Å². The largest absolute Gasteiger partial charge is 0.416 e. The Morgan fingerprint density at radius 1 is 0.906 bits per heavy atom. The minimum atomic E-state index is -4.58. The summed E-state index contributed by atoms with van der Waals surface area (Å²) in [6.07, 6.45) is -4.58. The van der Waals surface area contributed by atoms with E-state index >= 15 is 0 Å². The summed E-state index contributed by atoms with van der Waals surface area (Å²) in [5.74, 6) is -1.31. The van der Waals surface area contributed by atoms with Crippen molar-refractivity contribution in [2.75, 3.05) is 14.9 Å². The molecule has 0 aliphatic heterocycles. The number of nitrogens with zero attached hydrogens (tertiary/aromatic N) is 1. The Hall–Kier alpha value is -3.05. The first-order chi connectivity index (χ1) is 15.0. The maximum absolute atomic E-state index is 13.7. The van der Waals surface area contributed by atoms with Gasteiger partial charge in [-0.2, -0.15) is 13.2 Å². The first-order valence-corrected chi connectivity index (χ1v) is 10.1. The molecular formula is C21H14BrF4N3O2S. The Kier molecular flexibility index (Phi) is 7.09. The van der Waals surface area contributed by atoms with Gasteiger partial charge in [0.2, 0.25) is 0 Å². The maximum Gasteiger partial charge on any atom is 0.416 e. The zero-order valence-corrected chi connectivity index (χ0v) is 18.4. The molecule has 0 bridgehead atoms. The molecule has 3 aromatic rings. The van der Waals surface area contributed by atoms with Crippen molar-refractivity contribution in [3.05, 3.63) is 88.1 Å². The van der Waals surface area contributed by atoms with Gasteiger partial charge in [0.25, 0.3) is 5.91 Å². The fourth-order valence-corrected chi connectivity index (χ4v) is 3.33. The maximum atomic E-state index is 13.7. The quantitative estimate of drug-likeness (QED) is 0.260. The van der Waals surface area contributed by atoms with Gasteiger partial charge in [0.15, 0.2) is 0 Å². The van der Waals surface area contributed by atoms with E-state index < -0.39 is 29.5 Å². The second kappa shape index (κ2) is 9.61. The number of halogens is 5. The predicted molar refractivity (Wildman–Crippen MR) is 120 cm³/mol. The van der Waals surface area contributed by atoms with E-state index in [0.717, 1.165) is 16.4 Å². The fraction of sp³-hybridized carbons (Fsp3) is 0.0476. The van der Waals surface area contributed by atoms with Crippen LogP contribution in [0.15, 0.2) is 71.2 Å². The van der Waals surface area contributed by atoms with Crippen molar-refractivity contribution < 1.29 is 27.2 Å². The minimum absolute atomic E-state index is 0.0791. The normalized spacial score (nSPS) is 11.1. The highest BCUT2D eigenvalue weighted by Gasteiger charge is 2.31. The number of hydrogen-bond donors (Lipinski definition) is 3. The monoisotopic (exact) mass is 527 g/mol. The number of carbonyl (C=O) groups excluding carboxylic acids is 2. The number of nitrogens with one attached hydrogen (secondary N) is 2. The lowest BCUT2D eigenvalue weighted by atomic mass is 10.2. The van der Waals surface area contributed by atoms with E-state index in [1.54, 1.807) is 0 Å². The predicted octanol–water partition coefficient (Wildman–Crippen LogP) is 6.74. The van der Waals surface area contributed by atoms with E-state index in [2.05, 4.69) is 39.4 Å². The van der Waals surface area contributed by atoms with Gasteiger partial charge in [0.05, 0.1) is 16.8 Å². The lowest BCUT2D eigenvalue weighted by Gasteiger charge is -2.18. The zero-order chi connectivity index (χ0) is 23.5. The zero-order valence-electron chi connectivity index (χ0n) is 16.0. The molecule has 0 radical (unpaired) electrons. The Morgan fingerprint density at radius 3 is 2.19 bits per heavy atom. The third-order valence-corrected chi connectivity index (χ3v) is 5.03. The topological polar surface area (TPSA) is 61.4 Å². The first-order valence-electron chi connectivity index (χ1n) is 8.88. The standard InChI is InChI=1S/C21H14BrF4N3O2S/c22-13-9-12(21(24,25)26)10-15(11-13)28-20(31)29(32)16-7-5-14(6-8-16)27-19(30)17-3-1-2-4-18(17)23/h1-11,32H,(H,27,30)(H,28,31). The highest BCUT2D eigenvalue weighted by Crippen LogP contribution is 2.33.